The van der Waals surface area contributed by atoms with Crippen LogP contribution in [0.25, 0.3) is 6.08 Å². The lowest BCUT2D eigenvalue weighted by molar-refractivity contribution is -0.140. The van der Waals surface area contributed by atoms with E-state index in [4.69, 9.17) is 12.2 Å². The van der Waals surface area contributed by atoms with E-state index in [0.29, 0.717) is 22.2 Å². The third-order valence-corrected chi connectivity index (χ3v) is 5.12. The first kappa shape index (κ1) is 18.7. The molecule has 1 aromatic carbocycles. The maximum Gasteiger partial charge on any atom is 0.305 e. The molecular weight excluding hydrogens is 342 g/mol. The van der Waals surface area contributed by atoms with Crippen molar-refractivity contribution < 1.29 is 14.3 Å². The number of unbranched alkanes of at least 4 members (excludes halogenated alkanes) is 2. The minimum absolute atomic E-state index is 0.0291. The molecule has 6 heteroatoms. The topological polar surface area (TPSA) is 46.6 Å². The van der Waals surface area contributed by atoms with Crippen molar-refractivity contribution in [2.45, 2.75) is 32.6 Å². The van der Waals surface area contributed by atoms with Crippen molar-refractivity contribution >= 4 is 46.3 Å². The number of hydrogen-bond acceptors (Lipinski definition) is 5. The molecule has 2 rings (SSSR count). The van der Waals surface area contributed by atoms with E-state index in [9.17, 15) is 9.59 Å². The van der Waals surface area contributed by atoms with Gasteiger partial charge in [-0.2, -0.15) is 0 Å². The fraction of sp³-hybridized carbons (Fsp3) is 0.389. The summed E-state index contributed by atoms with van der Waals surface area (Å²) in [5, 5.41) is 0. The fourth-order valence-electron chi connectivity index (χ4n) is 2.32. The number of ether oxygens (including phenoxy) is 1. The Balaban J connectivity index is 1.87. The summed E-state index contributed by atoms with van der Waals surface area (Å²) >= 11 is 6.67. The number of nitrogens with zero attached hydrogens (tertiary/aromatic N) is 1. The van der Waals surface area contributed by atoms with Crippen LogP contribution in [0.5, 0.6) is 0 Å². The van der Waals surface area contributed by atoms with Crippen LogP contribution in [0.1, 0.15) is 36.8 Å². The molecule has 0 radical (unpaired) electrons. The van der Waals surface area contributed by atoms with E-state index in [2.05, 4.69) is 4.74 Å². The van der Waals surface area contributed by atoms with Crippen molar-refractivity contribution in [2.24, 2.45) is 0 Å². The Hall–Kier alpha value is -1.66. The SMILES string of the molecule is COC(=O)CCCCCN1C(=O)/C(=C\c2ccc(C)cc2)SC1=S. The molecule has 0 unspecified atom stereocenters. The third kappa shape index (κ3) is 5.18. The van der Waals surface area contributed by atoms with Crippen LogP contribution in [-0.4, -0.2) is 34.8 Å². The zero-order valence-electron chi connectivity index (χ0n) is 13.9. The molecule has 1 saturated heterocycles. The minimum atomic E-state index is -0.193. The molecule has 1 aliphatic heterocycles. The summed E-state index contributed by atoms with van der Waals surface area (Å²) in [7, 11) is 1.39. The number of rotatable bonds is 7. The quantitative estimate of drug-likeness (QED) is 0.318. The van der Waals surface area contributed by atoms with E-state index in [1.54, 1.807) is 4.90 Å². The highest BCUT2D eigenvalue weighted by Gasteiger charge is 2.31. The molecule has 4 nitrogen and oxygen atoms in total. The Morgan fingerprint density at radius 3 is 2.62 bits per heavy atom. The van der Waals surface area contributed by atoms with Gasteiger partial charge in [0.25, 0.3) is 5.91 Å². The molecule has 0 N–H and O–H groups in total. The smallest absolute Gasteiger partial charge is 0.305 e. The van der Waals surface area contributed by atoms with Gasteiger partial charge in [-0.1, -0.05) is 60.2 Å². The minimum Gasteiger partial charge on any atom is -0.469 e. The Labute approximate surface area is 152 Å². The number of amides is 1. The van der Waals surface area contributed by atoms with Crippen molar-refractivity contribution in [3.63, 3.8) is 0 Å². The summed E-state index contributed by atoms with van der Waals surface area (Å²) < 4.78 is 5.21. The van der Waals surface area contributed by atoms with Gasteiger partial charge in [-0.25, -0.2) is 0 Å². The Bertz CT molecular complexity index is 653. The normalized spacial score (nSPS) is 16.1. The Morgan fingerprint density at radius 1 is 1.25 bits per heavy atom. The summed E-state index contributed by atoms with van der Waals surface area (Å²) in [5.74, 6) is -0.222. The van der Waals surface area contributed by atoms with E-state index >= 15 is 0 Å². The second kappa shape index (κ2) is 8.99. The van der Waals surface area contributed by atoms with Crippen LogP contribution in [0, 0.1) is 6.92 Å². The summed E-state index contributed by atoms with van der Waals surface area (Å²) in [6.45, 7) is 2.63. The highest BCUT2D eigenvalue weighted by atomic mass is 32.2. The molecule has 1 aromatic rings. The molecule has 0 bridgehead atoms. The van der Waals surface area contributed by atoms with Gasteiger partial charge < -0.3 is 4.74 Å². The summed E-state index contributed by atoms with van der Waals surface area (Å²) in [4.78, 5) is 25.9. The van der Waals surface area contributed by atoms with Crippen LogP contribution >= 0.6 is 24.0 Å². The lowest BCUT2D eigenvalue weighted by atomic mass is 10.1. The molecule has 24 heavy (non-hydrogen) atoms. The molecule has 0 saturated carbocycles. The number of hydrogen-bond donors (Lipinski definition) is 0. The van der Waals surface area contributed by atoms with Gasteiger partial charge in [0.15, 0.2) is 0 Å². The predicted molar refractivity (Wildman–Crippen MR) is 102 cm³/mol. The van der Waals surface area contributed by atoms with Gasteiger partial charge in [0, 0.05) is 13.0 Å². The summed E-state index contributed by atoms with van der Waals surface area (Å²) in [6.07, 6.45) is 4.75. The Kier molecular flexibility index (Phi) is 6.99. The molecule has 0 aliphatic carbocycles. The fourth-order valence-corrected chi connectivity index (χ4v) is 3.63. The lowest BCUT2D eigenvalue weighted by Crippen LogP contribution is -2.29. The van der Waals surface area contributed by atoms with E-state index in [1.807, 2.05) is 37.3 Å². The summed E-state index contributed by atoms with van der Waals surface area (Å²) in [6, 6.07) is 8.03. The van der Waals surface area contributed by atoms with Crippen LogP contribution in [0.4, 0.5) is 0 Å². The van der Waals surface area contributed by atoms with Gasteiger partial charge in [-0.05, 0) is 31.4 Å². The van der Waals surface area contributed by atoms with Crippen molar-refractivity contribution in [3.8, 4) is 0 Å². The molecule has 0 atom stereocenters. The van der Waals surface area contributed by atoms with Crippen molar-refractivity contribution in [1.29, 1.82) is 0 Å². The van der Waals surface area contributed by atoms with Gasteiger partial charge in [-0.15, -0.1) is 0 Å². The van der Waals surface area contributed by atoms with Crippen molar-refractivity contribution in [1.82, 2.24) is 4.90 Å². The standard InChI is InChI=1S/C18H21NO3S2/c1-13-7-9-14(10-8-13)12-15-17(21)19(18(23)24-15)11-5-3-4-6-16(20)22-2/h7-10,12H,3-6,11H2,1-2H3/b15-12+. The van der Waals surface area contributed by atoms with Gasteiger partial charge >= 0.3 is 5.97 Å². The first-order valence-electron chi connectivity index (χ1n) is 7.90. The number of benzene rings is 1. The van der Waals surface area contributed by atoms with Gasteiger partial charge in [0.05, 0.1) is 12.0 Å². The van der Waals surface area contributed by atoms with Crippen LogP contribution in [0.15, 0.2) is 29.2 Å². The lowest BCUT2D eigenvalue weighted by Gasteiger charge is -2.13. The highest BCUT2D eigenvalue weighted by Crippen LogP contribution is 2.32. The molecule has 1 heterocycles. The first-order valence-corrected chi connectivity index (χ1v) is 9.12. The second-order valence-corrected chi connectivity index (χ2v) is 7.31. The average Bonchev–Trinajstić information content (AvgIpc) is 2.83. The van der Waals surface area contributed by atoms with Crippen LogP contribution in [-0.2, 0) is 14.3 Å². The molecule has 1 fully saturated rings. The largest absolute Gasteiger partial charge is 0.469 e. The van der Waals surface area contributed by atoms with Crippen molar-refractivity contribution in [2.75, 3.05) is 13.7 Å². The maximum absolute atomic E-state index is 12.5. The number of carbonyl (C=O) groups is 2. The Morgan fingerprint density at radius 2 is 1.96 bits per heavy atom. The average molecular weight is 364 g/mol. The summed E-state index contributed by atoms with van der Waals surface area (Å²) in [5.41, 5.74) is 2.19. The number of methoxy groups -OCH3 is 1. The molecular formula is C18H21NO3S2. The monoisotopic (exact) mass is 363 g/mol. The molecule has 1 amide bonds. The molecule has 0 spiro atoms. The number of aryl methyl sites for hydroxylation is 1. The third-order valence-electron chi connectivity index (χ3n) is 3.74. The van der Waals surface area contributed by atoms with E-state index in [-0.39, 0.29) is 11.9 Å². The van der Waals surface area contributed by atoms with Gasteiger partial charge in [-0.3, -0.25) is 14.5 Å². The highest BCUT2D eigenvalue weighted by molar-refractivity contribution is 8.26. The van der Waals surface area contributed by atoms with Crippen LogP contribution in [0.3, 0.4) is 0 Å². The van der Waals surface area contributed by atoms with Crippen LogP contribution in [0.2, 0.25) is 0 Å². The number of esters is 1. The van der Waals surface area contributed by atoms with E-state index in [1.165, 1.54) is 24.4 Å². The number of thiocarbonyl (C=S) groups is 1. The second-order valence-electron chi connectivity index (χ2n) is 5.63. The first-order chi connectivity index (χ1) is 11.5. The predicted octanol–water partition coefficient (Wildman–Crippen LogP) is 3.93. The maximum atomic E-state index is 12.5. The van der Waals surface area contributed by atoms with Gasteiger partial charge in [0.2, 0.25) is 0 Å². The van der Waals surface area contributed by atoms with Gasteiger partial charge in [0.1, 0.15) is 4.32 Å². The molecule has 0 aromatic heterocycles. The number of carbonyl (C=O) groups excluding carboxylic acids is 2. The molecule has 1 aliphatic rings. The van der Waals surface area contributed by atoms with E-state index < -0.39 is 0 Å². The molecule has 128 valence electrons. The van der Waals surface area contributed by atoms with Crippen LogP contribution < -0.4 is 0 Å². The zero-order valence-corrected chi connectivity index (χ0v) is 15.5. The zero-order chi connectivity index (χ0) is 17.5. The van der Waals surface area contributed by atoms with Crippen molar-refractivity contribution in [3.05, 3.63) is 40.3 Å². The van der Waals surface area contributed by atoms with E-state index in [0.717, 1.165) is 24.8 Å². The number of thioether (sulfide) groups is 1.